The van der Waals surface area contributed by atoms with Crippen molar-refractivity contribution in [1.82, 2.24) is 15.2 Å². The Morgan fingerprint density at radius 1 is 1.15 bits per heavy atom. The molecule has 26 heavy (non-hydrogen) atoms. The van der Waals surface area contributed by atoms with Crippen LogP contribution in [0.3, 0.4) is 0 Å². The number of aromatic nitrogens is 3. The number of carbonyl (C=O) groups is 2. The van der Waals surface area contributed by atoms with E-state index in [4.69, 9.17) is 9.47 Å². The summed E-state index contributed by atoms with van der Waals surface area (Å²) in [7, 11) is 0. The summed E-state index contributed by atoms with van der Waals surface area (Å²) >= 11 is 0. The molecule has 0 spiro atoms. The van der Waals surface area contributed by atoms with E-state index in [-0.39, 0.29) is 18.0 Å². The van der Waals surface area contributed by atoms with Gasteiger partial charge in [-0.3, -0.25) is 9.59 Å². The van der Waals surface area contributed by atoms with E-state index in [9.17, 15) is 9.59 Å². The van der Waals surface area contributed by atoms with E-state index in [1.807, 2.05) is 13.0 Å². The van der Waals surface area contributed by atoms with E-state index in [0.29, 0.717) is 30.2 Å². The van der Waals surface area contributed by atoms with Gasteiger partial charge in [0.1, 0.15) is 11.8 Å². The number of carbonyl (C=O) groups excluding carboxylic acids is 2. The Labute approximate surface area is 151 Å². The normalized spacial score (nSPS) is 19.6. The number of rotatable bonds is 6. The van der Waals surface area contributed by atoms with E-state index in [1.165, 1.54) is 0 Å². The number of ether oxygens (including phenoxy) is 2. The van der Waals surface area contributed by atoms with Crippen molar-refractivity contribution in [2.75, 3.05) is 6.61 Å². The van der Waals surface area contributed by atoms with Crippen molar-refractivity contribution >= 4 is 12.3 Å². The molecule has 0 aromatic carbocycles. The second-order valence-corrected chi connectivity index (χ2v) is 6.19. The van der Waals surface area contributed by atoms with Crippen LogP contribution >= 0.6 is 0 Å². The maximum atomic E-state index is 11.8. The molecule has 0 amide bonds. The first kappa shape index (κ1) is 18.0. The lowest BCUT2D eigenvalue weighted by molar-refractivity contribution is -0.149. The maximum Gasteiger partial charge on any atom is 0.308 e. The lowest BCUT2D eigenvalue weighted by Crippen LogP contribution is -2.29. The maximum absolute atomic E-state index is 11.8. The summed E-state index contributed by atoms with van der Waals surface area (Å²) < 4.78 is 11.0. The SMILES string of the molecule is CCOC(=O)[C@H]1CC[C@@H](Oc2ccc(-c3ccc(C=O)nn3)cn2)CC1. The smallest absolute Gasteiger partial charge is 0.308 e. The van der Waals surface area contributed by atoms with Gasteiger partial charge < -0.3 is 9.47 Å². The monoisotopic (exact) mass is 355 g/mol. The zero-order valence-electron chi connectivity index (χ0n) is 14.6. The van der Waals surface area contributed by atoms with E-state index in [1.54, 1.807) is 24.4 Å². The predicted molar refractivity (Wildman–Crippen MR) is 93.7 cm³/mol. The Balaban J connectivity index is 1.55. The Morgan fingerprint density at radius 3 is 2.54 bits per heavy atom. The van der Waals surface area contributed by atoms with E-state index in [2.05, 4.69) is 15.2 Å². The first-order valence-corrected chi connectivity index (χ1v) is 8.78. The molecule has 7 heteroatoms. The molecule has 1 aliphatic carbocycles. The van der Waals surface area contributed by atoms with Crippen molar-refractivity contribution in [3.8, 4) is 17.1 Å². The molecule has 7 nitrogen and oxygen atoms in total. The fourth-order valence-electron chi connectivity index (χ4n) is 3.01. The molecule has 0 atom stereocenters. The van der Waals surface area contributed by atoms with Gasteiger partial charge in [0.15, 0.2) is 6.29 Å². The Hall–Kier alpha value is -2.83. The summed E-state index contributed by atoms with van der Waals surface area (Å²) in [5.74, 6) is 0.430. The number of esters is 1. The van der Waals surface area contributed by atoms with Crippen molar-refractivity contribution in [1.29, 1.82) is 0 Å². The number of nitrogens with zero attached hydrogens (tertiary/aromatic N) is 3. The number of pyridine rings is 1. The Kier molecular flexibility index (Phi) is 5.88. The molecule has 1 saturated carbocycles. The van der Waals surface area contributed by atoms with Crippen LogP contribution in [0.15, 0.2) is 30.5 Å². The van der Waals surface area contributed by atoms with Gasteiger partial charge in [0, 0.05) is 17.8 Å². The summed E-state index contributed by atoms with van der Waals surface area (Å²) in [5, 5.41) is 7.81. The molecule has 0 bridgehead atoms. The third-order valence-electron chi connectivity index (χ3n) is 4.42. The average Bonchev–Trinajstić information content (AvgIpc) is 2.69. The van der Waals surface area contributed by atoms with Crippen molar-refractivity contribution in [3.63, 3.8) is 0 Å². The van der Waals surface area contributed by atoms with Crippen LogP contribution in [0.5, 0.6) is 5.88 Å². The lowest BCUT2D eigenvalue weighted by Gasteiger charge is -2.27. The van der Waals surface area contributed by atoms with Crippen molar-refractivity contribution < 1.29 is 19.1 Å². The van der Waals surface area contributed by atoms with Gasteiger partial charge >= 0.3 is 5.97 Å². The van der Waals surface area contributed by atoms with Gasteiger partial charge in [-0.05, 0) is 50.8 Å². The van der Waals surface area contributed by atoms with Crippen molar-refractivity contribution in [2.45, 2.75) is 38.7 Å². The number of hydrogen-bond donors (Lipinski definition) is 0. The molecule has 0 saturated heterocycles. The molecule has 0 unspecified atom stereocenters. The minimum absolute atomic E-state index is 0.0157. The quantitative estimate of drug-likeness (QED) is 0.581. The van der Waals surface area contributed by atoms with Gasteiger partial charge in [0.25, 0.3) is 0 Å². The first-order chi connectivity index (χ1) is 12.7. The topological polar surface area (TPSA) is 91.3 Å². The number of aldehydes is 1. The molecule has 0 aliphatic heterocycles. The summed E-state index contributed by atoms with van der Waals surface area (Å²) in [5.41, 5.74) is 1.73. The average molecular weight is 355 g/mol. The summed E-state index contributed by atoms with van der Waals surface area (Å²) in [6, 6.07) is 6.99. The summed E-state index contributed by atoms with van der Waals surface area (Å²) in [4.78, 5) is 26.7. The molecule has 1 aliphatic rings. The minimum atomic E-state index is -0.102. The molecule has 136 valence electrons. The number of hydrogen-bond acceptors (Lipinski definition) is 7. The fourth-order valence-corrected chi connectivity index (χ4v) is 3.01. The molecule has 3 rings (SSSR count). The molecule has 0 N–H and O–H groups in total. The third kappa shape index (κ3) is 4.41. The minimum Gasteiger partial charge on any atom is -0.474 e. The molecule has 1 fully saturated rings. The molecule has 2 heterocycles. The molecular formula is C19H21N3O4. The van der Waals surface area contributed by atoms with Gasteiger partial charge in [0.05, 0.1) is 18.2 Å². The molecule has 2 aromatic heterocycles. The highest BCUT2D eigenvalue weighted by Crippen LogP contribution is 2.28. The van der Waals surface area contributed by atoms with Gasteiger partial charge in [-0.25, -0.2) is 4.98 Å². The fraction of sp³-hybridized carbons (Fsp3) is 0.421. The van der Waals surface area contributed by atoms with Crippen LogP contribution in [0, 0.1) is 5.92 Å². The molecule has 0 radical (unpaired) electrons. The highest BCUT2D eigenvalue weighted by Gasteiger charge is 2.28. The standard InChI is InChI=1S/C19H21N3O4/c1-2-25-19(24)13-3-7-16(8-4-13)26-18-10-5-14(11-20-18)17-9-6-15(12-23)21-22-17/h5-6,9-13,16H,2-4,7-8H2,1H3/t13-,16+. The summed E-state index contributed by atoms with van der Waals surface area (Å²) in [6.07, 6.45) is 5.57. The van der Waals surface area contributed by atoms with E-state index < -0.39 is 0 Å². The summed E-state index contributed by atoms with van der Waals surface area (Å²) in [6.45, 7) is 2.25. The van der Waals surface area contributed by atoms with E-state index >= 15 is 0 Å². The van der Waals surface area contributed by atoms with Gasteiger partial charge in [-0.2, -0.15) is 0 Å². The highest BCUT2D eigenvalue weighted by molar-refractivity contribution is 5.72. The molecular weight excluding hydrogens is 334 g/mol. The van der Waals surface area contributed by atoms with E-state index in [0.717, 1.165) is 31.2 Å². The van der Waals surface area contributed by atoms with Gasteiger partial charge in [0.2, 0.25) is 5.88 Å². The van der Waals surface area contributed by atoms with Crippen LogP contribution in [0.25, 0.3) is 11.3 Å². The second-order valence-electron chi connectivity index (χ2n) is 6.19. The van der Waals surface area contributed by atoms with Crippen LogP contribution in [0.1, 0.15) is 43.1 Å². The van der Waals surface area contributed by atoms with Gasteiger partial charge in [-0.15, -0.1) is 10.2 Å². The van der Waals surface area contributed by atoms with Gasteiger partial charge in [-0.1, -0.05) is 0 Å². The third-order valence-corrected chi connectivity index (χ3v) is 4.42. The van der Waals surface area contributed by atoms with Crippen LogP contribution < -0.4 is 4.74 Å². The zero-order valence-corrected chi connectivity index (χ0v) is 14.6. The Bertz CT molecular complexity index is 738. The van der Waals surface area contributed by atoms with Crippen LogP contribution in [-0.2, 0) is 9.53 Å². The highest BCUT2D eigenvalue weighted by atomic mass is 16.5. The van der Waals surface area contributed by atoms with Crippen LogP contribution in [0.2, 0.25) is 0 Å². The first-order valence-electron chi connectivity index (χ1n) is 8.78. The largest absolute Gasteiger partial charge is 0.474 e. The van der Waals surface area contributed by atoms with Crippen LogP contribution in [0.4, 0.5) is 0 Å². The van der Waals surface area contributed by atoms with Crippen molar-refractivity contribution in [2.24, 2.45) is 5.92 Å². The molecule has 2 aromatic rings. The lowest BCUT2D eigenvalue weighted by atomic mass is 9.87. The van der Waals surface area contributed by atoms with Crippen LogP contribution in [-0.4, -0.2) is 40.1 Å². The second kappa shape index (κ2) is 8.51. The zero-order chi connectivity index (χ0) is 18.4. The van der Waals surface area contributed by atoms with Crippen molar-refractivity contribution in [3.05, 3.63) is 36.2 Å². The Morgan fingerprint density at radius 2 is 1.96 bits per heavy atom. The predicted octanol–water partition coefficient (Wildman–Crippen LogP) is 2.85.